The van der Waals surface area contributed by atoms with Crippen LogP contribution < -0.4 is 4.90 Å². The molecular formula is C61H41N. The third kappa shape index (κ3) is 5.63. The molecule has 0 saturated heterocycles. The minimum Gasteiger partial charge on any atom is -0.311 e. The van der Waals surface area contributed by atoms with Crippen molar-refractivity contribution in [3.8, 4) is 66.8 Å². The van der Waals surface area contributed by atoms with E-state index < -0.39 is 5.41 Å². The molecule has 0 radical (unpaired) electrons. The number of nitrogens with zero attached hydrogens (tertiary/aromatic N) is 1. The van der Waals surface area contributed by atoms with Gasteiger partial charge in [-0.25, -0.2) is 0 Å². The molecule has 0 heterocycles. The van der Waals surface area contributed by atoms with Crippen molar-refractivity contribution in [3.63, 3.8) is 0 Å². The molecule has 0 bridgehead atoms. The van der Waals surface area contributed by atoms with Crippen molar-refractivity contribution >= 4 is 17.1 Å². The van der Waals surface area contributed by atoms with Gasteiger partial charge in [-0.15, -0.1) is 0 Å². The molecule has 0 aromatic heterocycles. The Bertz CT molecular complexity index is 3130. The second-order valence-electron chi connectivity index (χ2n) is 16.4. The summed E-state index contributed by atoms with van der Waals surface area (Å²) in [6.07, 6.45) is 0. The van der Waals surface area contributed by atoms with E-state index >= 15 is 0 Å². The van der Waals surface area contributed by atoms with Gasteiger partial charge in [0.1, 0.15) is 0 Å². The molecule has 62 heavy (non-hydrogen) atoms. The van der Waals surface area contributed by atoms with Gasteiger partial charge in [-0.3, -0.25) is 0 Å². The number of anilines is 3. The van der Waals surface area contributed by atoms with Crippen LogP contribution in [-0.2, 0) is 5.41 Å². The summed E-state index contributed by atoms with van der Waals surface area (Å²) < 4.78 is 0. The Labute approximate surface area is 363 Å². The monoisotopic (exact) mass is 787 g/mol. The molecule has 290 valence electrons. The fourth-order valence-corrected chi connectivity index (χ4v) is 10.3. The molecule has 1 spiro atoms. The second-order valence-corrected chi connectivity index (χ2v) is 16.4. The van der Waals surface area contributed by atoms with Crippen molar-refractivity contribution in [2.45, 2.75) is 5.41 Å². The van der Waals surface area contributed by atoms with Crippen molar-refractivity contribution in [1.82, 2.24) is 0 Å². The first kappa shape index (κ1) is 35.9. The van der Waals surface area contributed by atoms with Crippen LogP contribution in [0.4, 0.5) is 17.1 Å². The topological polar surface area (TPSA) is 3.24 Å². The van der Waals surface area contributed by atoms with Gasteiger partial charge >= 0.3 is 0 Å². The highest BCUT2D eigenvalue weighted by molar-refractivity contribution is 5.98. The lowest BCUT2D eigenvalue weighted by Gasteiger charge is -2.35. The zero-order valence-corrected chi connectivity index (χ0v) is 34.1. The Morgan fingerprint density at radius 3 is 0.935 bits per heavy atom. The molecule has 12 rings (SSSR count). The van der Waals surface area contributed by atoms with Gasteiger partial charge in [-0.2, -0.15) is 0 Å². The van der Waals surface area contributed by atoms with E-state index in [0.29, 0.717) is 0 Å². The van der Waals surface area contributed by atoms with Crippen LogP contribution in [0.5, 0.6) is 0 Å². The minimum absolute atomic E-state index is 0.479. The van der Waals surface area contributed by atoms with E-state index in [4.69, 9.17) is 0 Å². The molecule has 0 atom stereocenters. The normalized spacial score (nSPS) is 12.6. The summed E-state index contributed by atoms with van der Waals surface area (Å²) >= 11 is 0. The number of hydrogen-bond donors (Lipinski definition) is 0. The molecule has 10 aromatic rings. The standard InChI is InChI=1S/C61H41N/c1-3-15-42(16-4-1)44-27-34-48(35-28-44)62(49-36-29-45(30-37-49)43-17-5-2-6-18-43)50-38-31-46(32-39-50)47-33-40-60-56(41-47)52-20-8-7-19-51(52)53-21-9-12-24-57(53)61(60)58-25-13-10-22-54(58)55-23-11-14-26-59(55)61/h1-41H. The van der Waals surface area contributed by atoms with Gasteiger partial charge in [0, 0.05) is 17.1 Å². The van der Waals surface area contributed by atoms with Gasteiger partial charge in [0.2, 0.25) is 0 Å². The van der Waals surface area contributed by atoms with Crippen LogP contribution in [-0.4, -0.2) is 0 Å². The summed E-state index contributed by atoms with van der Waals surface area (Å²) in [4.78, 5) is 2.36. The molecule has 1 nitrogen and oxygen atoms in total. The Morgan fingerprint density at radius 2 is 0.500 bits per heavy atom. The van der Waals surface area contributed by atoms with Crippen LogP contribution in [0.15, 0.2) is 249 Å². The molecule has 2 aliphatic rings. The fourth-order valence-electron chi connectivity index (χ4n) is 10.3. The summed E-state index contributed by atoms with van der Waals surface area (Å²) in [5.74, 6) is 0. The highest BCUT2D eigenvalue weighted by atomic mass is 15.1. The molecule has 0 amide bonds. The first-order chi connectivity index (χ1) is 30.8. The average molecular weight is 788 g/mol. The maximum atomic E-state index is 2.45. The third-order valence-corrected chi connectivity index (χ3v) is 13.1. The number of benzene rings is 10. The zero-order chi connectivity index (χ0) is 41.0. The van der Waals surface area contributed by atoms with Gasteiger partial charge in [-0.1, -0.05) is 206 Å². The van der Waals surface area contributed by atoms with E-state index in [1.165, 1.54) is 89.0 Å². The van der Waals surface area contributed by atoms with Gasteiger partial charge in [0.25, 0.3) is 0 Å². The first-order valence-corrected chi connectivity index (χ1v) is 21.5. The molecule has 1 heteroatoms. The zero-order valence-electron chi connectivity index (χ0n) is 34.1. The second kappa shape index (κ2) is 14.6. The highest BCUT2D eigenvalue weighted by Gasteiger charge is 2.49. The van der Waals surface area contributed by atoms with Crippen LogP contribution in [0.25, 0.3) is 66.8 Å². The van der Waals surface area contributed by atoms with E-state index in [9.17, 15) is 0 Å². The first-order valence-electron chi connectivity index (χ1n) is 21.5. The summed E-state index contributed by atoms with van der Waals surface area (Å²) in [6.45, 7) is 0. The quantitative estimate of drug-likeness (QED) is 0.162. The van der Waals surface area contributed by atoms with Crippen LogP contribution in [0.3, 0.4) is 0 Å². The van der Waals surface area contributed by atoms with Crippen LogP contribution in [0.1, 0.15) is 22.3 Å². The molecule has 0 saturated carbocycles. The largest absolute Gasteiger partial charge is 0.311 e. The predicted molar refractivity (Wildman–Crippen MR) is 259 cm³/mol. The van der Waals surface area contributed by atoms with E-state index in [1.807, 2.05) is 0 Å². The maximum Gasteiger partial charge on any atom is 0.0725 e. The van der Waals surface area contributed by atoms with Crippen molar-refractivity contribution in [1.29, 1.82) is 0 Å². The van der Waals surface area contributed by atoms with E-state index in [0.717, 1.165) is 17.1 Å². The number of rotatable bonds is 6. The van der Waals surface area contributed by atoms with Gasteiger partial charge < -0.3 is 4.90 Å². The molecule has 10 aromatic carbocycles. The van der Waals surface area contributed by atoms with Gasteiger partial charge in [0.05, 0.1) is 5.41 Å². The Morgan fingerprint density at radius 1 is 0.210 bits per heavy atom. The minimum atomic E-state index is -0.479. The van der Waals surface area contributed by atoms with Gasteiger partial charge in [0.15, 0.2) is 0 Å². The molecule has 0 fully saturated rings. The van der Waals surface area contributed by atoms with Crippen molar-refractivity contribution in [2.75, 3.05) is 4.90 Å². The highest BCUT2D eigenvalue weighted by Crippen LogP contribution is 2.61. The third-order valence-electron chi connectivity index (χ3n) is 13.1. The number of fused-ring (bicyclic) bond motifs is 12. The van der Waals surface area contributed by atoms with E-state index in [1.54, 1.807) is 0 Å². The summed E-state index contributed by atoms with van der Waals surface area (Å²) in [5.41, 5.74) is 23.0. The molecule has 0 N–H and O–H groups in total. The summed E-state index contributed by atoms with van der Waals surface area (Å²) in [7, 11) is 0. The van der Waals surface area contributed by atoms with Crippen LogP contribution >= 0.6 is 0 Å². The lowest BCUT2D eigenvalue weighted by atomic mass is 9.66. The molecule has 2 aliphatic carbocycles. The number of hydrogen-bond acceptors (Lipinski definition) is 1. The molecular weight excluding hydrogens is 747 g/mol. The van der Waals surface area contributed by atoms with Gasteiger partial charge in [-0.05, 0) is 131 Å². The average Bonchev–Trinajstić information content (AvgIpc) is 3.60. The SMILES string of the molecule is c1ccc(-c2ccc(N(c3ccc(-c4ccccc4)cc3)c3ccc(-c4ccc5c(c4)-c4ccccc4-c4ccccc4C54c5ccccc5-c5ccccc54)cc3)cc2)cc1. The molecule has 0 aliphatic heterocycles. The van der Waals surface area contributed by atoms with Crippen LogP contribution in [0, 0.1) is 0 Å². The lowest BCUT2D eigenvalue weighted by Crippen LogP contribution is -2.29. The Hall–Kier alpha value is -8.00. The smallest absolute Gasteiger partial charge is 0.0725 e. The van der Waals surface area contributed by atoms with Crippen molar-refractivity contribution < 1.29 is 0 Å². The Balaban J connectivity index is 0.992. The van der Waals surface area contributed by atoms with E-state index in [2.05, 4.69) is 254 Å². The van der Waals surface area contributed by atoms with Crippen molar-refractivity contribution in [3.05, 3.63) is 271 Å². The summed E-state index contributed by atoms with van der Waals surface area (Å²) in [6, 6.07) is 91.5. The molecule has 0 unspecified atom stereocenters. The van der Waals surface area contributed by atoms with Crippen molar-refractivity contribution in [2.24, 2.45) is 0 Å². The van der Waals surface area contributed by atoms with Crippen LogP contribution in [0.2, 0.25) is 0 Å². The van der Waals surface area contributed by atoms with E-state index in [-0.39, 0.29) is 0 Å². The Kier molecular flexibility index (Phi) is 8.47. The predicted octanol–water partition coefficient (Wildman–Crippen LogP) is 16.2. The fraction of sp³-hybridized carbons (Fsp3) is 0.0164. The summed E-state index contributed by atoms with van der Waals surface area (Å²) in [5, 5.41) is 0. The maximum absolute atomic E-state index is 2.45. The lowest BCUT2D eigenvalue weighted by molar-refractivity contribution is 0.775.